The number of hydrogen-bond acceptors (Lipinski definition) is 2. The van der Waals surface area contributed by atoms with Gasteiger partial charge in [0.15, 0.2) is 0 Å². The average Bonchev–Trinajstić information content (AvgIpc) is 2.81. The Labute approximate surface area is 90.0 Å². The molecule has 2 aromatic rings. The second-order valence-electron chi connectivity index (χ2n) is 3.63. The van der Waals surface area contributed by atoms with Crippen molar-refractivity contribution >= 4 is 18.4 Å². The summed E-state index contributed by atoms with van der Waals surface area (Å²) in [5.41, 5.74) is 0.483. The van der Waals surface area contributed by atoms with Gasteiger partial charge >= 0.3 is 5.69 Å². The molecule has 0 amide bonds. The third-order valence-electron chi connectivity index (χ3n) is 2.53. The Bertz CT molecular complexity index is 802. The van der Waals surface area contributed by atoms with Gasteiger partial charge in [0.1, 0.15) is 0 Å². The fraction of sp³-hybridized carbons (Fsp3) is 0. The lowest BCUT2D eigenvalue weighted by Gasteiger charge is -1.83. The van der Waals surface area contributed by atoms with Gasteiger partial charge in [-0.25, -0.2) is 9.79 Å². The van der Waals surface area contributed by atoms with Gasteiger partial charge in [0.05, 0.1) is 21.8 Å². The zero-order chi connectivity index (χ0) is 11.1. The molecular formula is C12H9N3O. The summed E-state index contributed by atoms with van der Waals surface area (Å²) in [7, 11) is 0. The van der Waals surface area contributed by atoms with Crippen molar-refractivity contribution in [1.82, 2.24) is 9.97 Å². The van der Waals surface area contributed by atoms with Crippen LogP contribution in [0, 0.1) is 0 Å². The van der Waals surface area contributed by atoms with Gasteiger partial charge in [-0.2, -0.15) is 0 Å². The molecule has 1 aromatic heterocycles. The Morgan fingerprint density at radius 1 is 1.19 bits per heavy atom. The molecule has 4 heteroatoms. The number of aromatic nitrogens is 2. The average molecular weight is 211 g/mol. The second-order valence-corrected chi connectivity index (χ2v) is 3.63. The molecule has 0 spiro atoms. The first-order valence-corrected chi connectivity index (χ1v) is 4.91. The Morgan fingerprint density at radius 3 is 2.69 bits per heavy atom. The van der Waals surface area contributed by atoms with Crippen LogP contribution in [0.15, 0.2) is 34.1 Å². The molecule has 3 rings (SSSR count). The molecule has 78 valence electrons. The first-order chi connectivity index (χ1) is 7.74. The molecule has 0 radical (unpaired) electrons. The van der Waals surface area contributed by atoms with Gasteiger partial charge in [-0.3, -0.25) is 0 Å². The molecule has 0 bridgehead atoms. The molecule has 1 aliphatic heterocycles. The van der Waals surface area contributed by atoms with Gasteiger partial charge in [0.25, 0.3) is 0 Å². The Morgan fingerprint density at radius 2 is 2.00 bits per heavy atom. The van der Waals surface area contributed by atoms with Gasteiger partial charge in [-0.05, 0) is 12.1 Å². The lowest BCUT2D eigenvalue weighted by Crippen LogP contribution is -2.24. The van der Waals surface area contributed by atoms with Crippen LogP contribution in [0.2, 0.25) is 0 Å². The molecule has 16 heavy (non-hydrogen) atoms. The monoisotopic (exact) mass is 211 g/mol. The zero-order valence-corrected chi connectivity index (χ0v) is 8.45. The molecule has 0 aliphatic carbocycles. The number of H-pyrrole nitrogens is 2. The molecule has 1 aliphatic rings. The number of para-hydroxylation sites is 1. The van der Waals surface area contributed by atoms with Crippen molar-refractivity contribution in [3.8, 4) is 0 Å². The number of benzene rings is 1. The van der Waals surface area contributed by atoms with Crippen LogP contribution >= 0.6 is 0 Å². The van der Waals surface area contributed by atoms with Crippen LogP contribution in [0.25, 0.3) is 18.4 Å². The fourth-order valence-corrected chi connectivity index (χ4v) is 1.79. The highest BCUT2D eigenvalue weighted by Crippen LogP contribution is 1.97. The quantitative estimate of drug-likeness (QED) is 0.538. The highest BCUT2D eigenvalue weighted by atomic mass is 16.1. The summed E-state index contributed by atoms with van der Waals surface area (Å²) in [5, 5.41) is 3.19. The predicted octanol–water partition coefficient (Wildman–Crippen LogP) is -1.66. The van der Waals surface area contributed by atoms with Crippen LogP contribution in [0.4, 0.5) is 0 Å². The minimum atomic E-state index is -0.257. The third kappa shape index (κ3) is 1.24. The molecular weight excluding hydrogens is 202 g/mol. The van der Waals surface area contributed by atoms with Crippen molar-refractivity contribution in [3.05, 3.63) is 56.0 Å². The molecule has 0 fully saturated rings. The maximum Gasteiger partial charge on any atom is 0.323 e. The van der Waals surface area contributed by atoms with Crippen LogP contribution in [0.5, 0.6) is 0 Å². The van der Waals surface area contributed by atoms with Gasteiger partial charge < -0.3 is 9.97 Å². The SMILES string of the molecule is C=c1[nH]c(=O)[nH]c1=C1C=c2ccccc2=N1. The van der Waals surface area contributed by atoms with E-state index >= 15 is 0 Å². The van der Waals surface area contributed by atoms with E-state index in [-0.39, 0.29) is 5.69 Å². The lowest BCUT2D eigenvalue weighted by atomic mass is 10.3. The van der Waals surface area contributed by atoms with Crippen molar-refractivity contribution < 1.29 is 0 Å². The number of fused-ring (bicyclic) bond motifs is 1. The summed E-state index contributed by atoms with van der Waals surface area (Å²) in [4.78, 5) is 20.8. The summed E-state index contributed by atoms with van der Waals surface area (Å²) in [6.07, 6.45) is 1.93. The van der Waals surface area contributed by atoms with Gasteiger partial charge in [0, 0.05) is 5.22 Å². The van der Waals surface area contributed by atoms with E-state index in [0.717, 1.165) is 16.3 Å². The number of nitrogens with zero attached hydrogens (tertiary/aromatic N) is 1. The Kier molecular flexibility index (Phi) is 1.71. The van der Waals surface area contributed by atoms with E-state index in [0.29, 0.717) is 10.7 Å². The summed E-state index contributed by atoms with van der Waals surface area (Å²) >= 11 is 0. The minimum absolute atomic E-state index is 0.257. The van der Waals surface area contributed by atoms with E-state index in [9.17, 15) is 4.79 Å². The number of imidazole rings is 1. The number of aromatic amines is 2. The molecule has 2 N–H and O–H groups in total. The van der Waals surface area contributed by atoms with Crippen molar-refractivity contribution in [1.29, 1.82) is 0 Å². The standard InChI is InChI=1S/C12H9N3O/c1-7-11(15-12(16)13-7)10-6-8-4-2-3-5-9(8)14-10/h2-6H,1H2,(H2,13,15,16). The molecule has 4 nitrogen and oxygen atoms in total. The third-order valence-corrected chi connectivity index (χ3v) is 2.53. The first kappa shape index (κ1) is 8.91. The van der Waals surface area contributed by atoms with Crippen LogP contribution in [-0.2, 0) is 0 Å². The van der Waals surface area contributed by atoms with E-state index in [1.165, 1.54) is 0 Å². The normalized spacial score (nSPS) is 16.5. The minimum Gasteiger partial charge on any atom is -0.306 e. The topological polar surface area (TPSA) is 61.0 Å². The van der Waals surface area contributed by atoms with Gasteiger partial charge in [0.2, 0.25) is 0 Å². The summed E-state index contributed by atoms with van der Waals surface area (Å²) in [6, 6.07) is 7.81. The van der Waals surface area contributed by atoms with Crippen LogP contribution in [0.1, 0.15) is 0 Å². The van der Waals surface area contributed by atoms with E-state index in [4.69, 9.17) is 0 Å². The summed E-state index contributed by atoms with van der Waals surface area (Å²) in [6.45, 7) is 3.76. The van der Waals surface area contributed by atoms with Crippen LogP contribution in [0.3, 0.4) is 0 Å². The molecule has 0 unspecified atom stereocenters. The van der Waals surface area contributed by atoms with Crippen molar-refractivity contribution in [2.45, 2.75) is 0 Å². The lowest BCUT2D eigenvalue weighted by molar-refractivity contribution is 1.17. The van der Waals surface area contributed by atoms with E-state index in [2.05, 4.69) is 21.5 Å². The smallest absolute Gasteiger partial charge is 0.306 e. The van der Waals surface area contributed by atoms with Crippen LogP contribution in [-0.4, -0.2) is 9.97 Å². The summed E-state index contributed by atoms with van der Waals surface area (Å²) < 4.78 is 0. The van der Waals surface area contributed by atoms with Crippen LogP contribution < -0.4 is 27.0 Å². The van der Waals surface area contributed by atoms with Crippen molar-refractivity contribution in [2.24, 2.45) is 4.99 Å². The van der Waals surface area contributed by atoms with Crippen molar-refractivity contribution in [2.75, 3.05) is 0 Å². The van der Waals surface area contributed by atoms with E-state index in [1.807, 2.05) is 30.3 Å². The highest BCUT2D eigenvalue weighted by Gasteiger charge is 2.02. The molecule has 0 saturated heterocycles. The molecule has 0 saturated carbocycles. The number of hydrogen-bond donors (Lipinski definition) is 2. The molecule has 0 atom stereocenters. The van der Waals surface area contributed by atoms with Gasteiger partial charge in [-0.15, -0.1) is 0 Å². The molecule has 2 heterocycles. The second kappa shape index (κ2) is 3.06. The Balaban J connectivity index is 2.48. The Hall–Kier alpha value is -2.36. The maximum absolute atomic E-state index is 11.1. The first-order valence-electron chi connectivity index (χ1n) is 4.91. The zero-order valence-electron chi connectivity index (χ0n) is 8.45. The van der Waals surface area contributed by atoms with E-state index in [1.54, 1.807) is 0 Å². The largest absolute Gasteiger partial charge is 0.323 e. The van der Waals surface area contributed by atoms with Gasteiger partial charge in [-0.1, -0.05) is 24.8 Å². The summed E-state index contributed by atoms with van der Waals surface area (Å²) in [5.74, 6) is 0. The predicted molar refractivity (Wildman–Crippen MR) is 61.3 cm³/mol. The van der Waals surface area contributed by atoms with E-state index < -0.39 is 0 Å². The fourth-order valence-electron chi connectivity index (χ4n) is 1.79. The number of rotatable bonds is 0. The molecule has 1 aromatic carbocycles. The van der Waals surface area contributed by atoms with Crippen molar-refractivity contribution in [3.63, 3.8) is 0 Å². The highest BCUT2D eigenvalue weighted by molar-refractivity contribution is 5.76. The number of nitrogens with one attached hydrogen (secondary N) is 2. The maximum atomic E-state index is 11.1.